The molecular weight excluding hydrogens is 308 g/mol. The molecule has 1 N–H and O–H groups in total. The van der Waals surface area contributed by atoms with Gasteiger partial charge in [0.25, 0.3) is 0 Å². The topological polar surface area (TPSA) is 32.3 Å². The van der Waals surface area contributed by atoms with E-state index in [1.54, 1.807) is 0 Å². The van der Waals surface area contributed by atoms with Crippen LogP contribution in [0.4, 0.5) is 11.4 Å². The Morgan fingerprint density at radius 3 is 1.88 bits per heavy atom. The van der Waals surface area contributed by atoms with Gasteiger partial charge in [-0.3, -0.25) is 4.79 Å². The lowest BCUT2D eigenvalue weighted by Crippen LogP contribution is -2.22. The zero-order valence-electron chi connectivity index (χ0n) is 14.4. The number of amides is 1. The van der Waals surface area contributed by atoms with Gasteiger partial charge in [-0.15, -0.1) is 0 Å². The Hall–Kier alpha value is -3.07. The summed E-state index contributed by atoms with van der Waals surface area (Å²) in [5, 5.41) is 2.86. The zero-order chi connectivity index (χ0) is 17.5. The maximum Gasteiger partial charge on any atom is 0.221 e. The van der Waals surface area contributed by atoms with E-state index in [2.05, 4.69) is 64.8 Å². The Labute approximate surface area is 148 Å². The Morgan fingerprint density at radius 1 is 0.800 bits per heavy atom. The lowest BCUT2D eigenvalue weighted by atomic mass is 10.1. The number of benzene rings is 3. The minimum atomic E-state index is -0.0604. The molecule has 0 saturated heterocycles. The maximum absolute atomic E-state index is 11.4. The van der Waals surface area contributed by atoms with Gasteiger partial charge < -0.3 is 10.2 Å². The predicted molar refractivity (Wildman–Crippen MR) is 104 cm³/mol. The fraction of sp³-hybridized carbons (Fsp3) is 0.136. The molecule has 0 heterocycles. The van der Waals surface area contributed by atoms with E-state index in [1.807, 2.05) is 30.3 Å². The minimum absolute atomic E-state index is 0.0604. The van der Waals surface area contributed by atoms with Crippen molar-refractivity contribution in [3.05, 3.63) is 96.1 Å². The van der Waals surface area contributed by atoms with Gasteiger partial charge in [-0.05, 0) is 29.3 Å². The first-order valence-electron chi connectivity index (χ1n) is 8.41. The largest absolute Gasteiger partial charge is 0.363 e. The van der Waals surface area contributed by atoms with Crippen molar-refractivity contribution >= 4 is 17.3 Å². The molecule has 3 aromatic carbocycles. The van der Waals surface area contributed by atoms with Gasteiger partial charge in [0.1, 0.15) is 0 Å². The third-order valence-electron chi connectivity index (χ3n) is 3.96. The minimum Gasteiger partial charge on any atom is -0.363 e. The van der Waals surface area contributed by atoms with E-state index < -0.39 is 0 Å². The molecule has 25 heavy (non-hydrogen) atoms. The van der Waals surface area contributed by atoms with Crippen LogP contribution in [0.3, 0.4) is 0 Å². The van der Waals surface area contributed by atoms with Crippen LogP contribution < -0.4 is 10.2 Å². The Morgan fingerprint density at radius 2 is 1.36 bits per heavy atom. The normalized spacial score (nSPS) is 10.3. The van der Waals surface area contributed by atoms with Crippen LogP contribution in [0.1, 0.15) is 18.1 Å². The monoisotopic (exact) mass is 330 g/mol. The molecule has 0 aliphatic rings. The van der Waals surface area contributed by atoms with Crippen LogP contribution >= 0.6 is 0 Å². The summed E-state index contributed by atoms with van der Waals surface area (Å²) >= 11 is 0. The fourth-order valence-electron chi connectivity index (χ4n) is 2.83. The number of hydrogen-bond acceptors (Lipinski definition) is 2. The molecule has 0 aromatic heterocycles. The van der Waals surface area contributed by atoms with Crippen molar-refractivity contribution in [3.8, 4) is 0 Å². The summed E-state index contributed by atoms with van der Waals surface area (Å²) < 4.78 is 0. The molecule has 3 rings (SSSR count). The molecule has 0 bridgehead atoms. The van der Waals surface area contributed by atoms with E-state index in [1.165, 1.54) is 18.1 Å². The molecule has 3 nitrogen and oxygen atoms in total. The van der Waals surface area contributed by atoms with Crippen LogP contribution in [0.5, 0.6) is 0 Å². The van der Waals surface area contributed by atoms with Gasteiger partial charge >= 0.3 is 0 Å². The van der Waals surface area contributed by atoms with E-state index >= 15 is 0 Å². The summed E-state index contributed by atoms with van der Waals surface area (Å²) in [6.45, 7) is 3.14. The van der Waals surface area contributed by atoms with Crippen LogP contribution in [0.15, 0.2) is 84.9 Å². The molecule has 0 unspecified atom stereocenters. The molecule has 0 radical (unpaired) electrons. The summed E-state index contributed by atoms with van der Waals surface area (Å²) in [5.74, 6) is -0.0604. The lowest BCUT2D eigenvalue weighted by Gasteiger charge is -2.26. The van der Waals surface area contributed by atoms with Gasteiger partial charge in [0.15, 0.2) is 0 Å². The Kier molecular flexibility index (Phi) is 5.47. The summed E-state index contributed by atoms with van der Waals surface area (Å²) in [6.07, 6.45) is 0. The van der Waals surface area contributed by atoms with Crippen molar-refractivity contribution in [1.29, 1.82) is 0 Å². The first-order valence-corrected chi connectivity index (χ1v) is 8.41. The van der Waals surface area contributed by atoms with Gasteiger partial charge in [-0.25, -0.2) is 0 Å². The zero-order valence-corrected chi connectivity index (χ0v) is 14.4. The van der Waals surface area contributed by atoms with E-state index in [0.29, 0.717) is 0 Å². The second kappa shape index (κ2) is 8.15. The van der Waals surface area contributed by atoms with Crippen molar-refractivity contribution in [1.82, 2.24) is 0 Å². The fourth-order valence-corrected chi connectivity index (χ4v) is 2.83. The van der Waals surface area contributed by atoms with Crippen LogP contribution in [0, 0.1) is 0 Å². The average molecular weight is 330 g/mol. The number of hydrogen-bond donors (Lipinski definition) is 1. The van der Waals surface area contributed by atoms with E-state index in [0.717, 1.165) is 24.5 Å². The first-order chi connectivity index (χ1) is 12.2. The highest BCUT2D eigenvalue weighted by molar-refractivity contribution is 5.89. The number of carbonyl (C=O) groups is 1. The Balaban J connectivity index is 1.88. The molecule has 126 valence electrons. The SMILES string of the molecule is CC(=O)Nc1cccc(N(Cc2ccccc2)Cc2ccccc2)c1. The van der Waals surface area contributed by atoms with Gasteiger partial charge in [0.2, 0.25) is 5.91 Å². The van der Waals surface area contributed by atoms with Crippen LogP contribution in [0.25, 0.3) is 0 Å². The van der Waals surface area contributed by atoms with Gasteiger partial charge in [-0.2, -0.15) is 0 Å². The highest BCUT2D eigenvalue weighted by Gasteiger charge is 2.09. The summed E-state index contributed by atoms with van der Waals surface area (Å²) in [4.78, 5) is 13.7. The quantitative estimate of drug-likeness (QED) is 0.700. The van der Waals surface area contributed by atoms with Crippen molar-refractivity contribution in [3.63, 3.8) is 0 Å². The van der Waals surface area contributed by atoms with Crippen molar-refractivity contribution in [2.24, 2.45) is 0 Å². The molecule has 1 amide bonds. The molecule has 0 saturated carbocycles. The number of rotatable bonds is 6. The van der Waals surface area contributed by atoms with E-state index in [9.17, 15) is 4.79 Å². The molecule has 0 atom stereocenters. The lowest BCUT2D eigenvalue weighted by molar-refractivity contribution is -0.114. The van der Waals surface area contributed by atoms with Gasteiger partial charge in [-0.1, -0.05) is 66.7 Å². The average Bonchev–Trinajstić information content (AvgIpc) is 2.63. The molecule has 3 aromatic rings. The summed E-state index contributed by atoms with van der Waals surface area (Å²) in [5.41, 5.74) is 4.40. The number of nitrogens with zero attached hydrogens (tertiary/aromatic N) is 1. The smallest absolute Gasteiger partial charge is 0.221 e. The molecule has 3 heteroatoms. The van der Waals surface area contributed by atoms with Gasteiger partial charge in [0.05, 0.1) is 0 Å². The van der Waals surface area contributed by atoms with Gasteiger partial charge in [0, 0.05) is 31.4 Å². The van der Waals surface area contributed by atoms with Crippen molar-refractivity contribution in [2.45, 2.75) is 20.0 Å². The first kappa shape index (κ1) is 16.8. The third-order valence-corrected chi connectivity index (χ3v) is 3.96. The number of nitrogens with one attached hydrogen (secondary N) is 1. The summed E-state index contributed by atoms with van der Waals surface area (Å²) in [7, 11) is 0. The standard InChI is InChI=1S/C22H22N2O/c1-18(25)23-21-13-8-14-22(15-21)24(16-19-9-4-2-5-10-19)17-20-11-6-3-7-12-20/h2-15H,16-17H2,1H3,(H,23,25). The second-order valence-corrected chi connectivity index (χ2v) is 6.06. The number of carbonyl (C=O) groups excluding carboxylic acids is 1. The molecular formula is C22H22N2O. The van der Waals surface area contributed by atoms with Crippen LogP contribution in [-0.4, -0.2) is 5.91 Å². The second-order valence-electron chi connectivity index (χ2n) is 6.06. The van der Waals surface area contributed by atoms with E-state index in [4.69, 9.17) is 0 Å². The Bertz CT molecular complexity index is 774. The summed E-state index contributed by atoms with van der Waals surface area (Å²) in [6, 6.07) is 28.8. The molecule has 0 aliphatic carbocycles. The highest BCUT2D eigenvalue weighted by atomic mass is 16.1. The third kappa shape index (κ3) is 4.95. The highest BCUT2D eigenvalue weighted by Crippen LogP contribution is 2.23. The maximum atomic E-state index is 11.4. The van der Waals surface area contributed by atoms with Crippen molar-refractivity contribution in [2.75, 3.05) is 10.2 Å². The molecule has 0 spiro atoms. The number of anilines is 2. The van der Waals surface area contributed by atoms with Crippen molar-refractivity contribution < 1.29 is 4.79 Å². The molecule has 0 fully saturated rings. The predicted octanol–water partition coefficient (Wildman–Crippen LogP) is 4.85. The van der Waals surface area contributed by atoms with Crippen LogP contribution in [-0.2, 0) is 17.9 Å². The van der Waals surface area contributed by atoms with Crippen LogP contribution in [0.2, 0.25) is 0 Å². The molecule has 0 aliphatic heterocycles. The van der Waals surface area contributed by atoms with E-state index in [-0.39, 0.29) is 5.91 Å².